The largest absolute Gasteiger partial charge is 0.486 e. The van der Waals surface area contributed by atoms with E-state index in [4.69, 9.17) is 9.15 Å². The highest BCUT2D eigenvalue weighted by molar-refractivity contribution is 5.48. The Morgan fingerprint density at radius 3 is 2.43 bits per heavy atom. The number of ether oxygens (including phenoxy) is 1. The van der Waals surface area contributed by atoms with E-state index < -0.39 is 6.17 Å². The summed E-state index contributed by atoms with van der Waals surface area (Å²) in [6.45, 7) is 1.44. The molecule has 0 aliphatic heterocycles. The summed E-state index contributed by atoms with van der Waals surface area (Å²) in [7, 11) is 0. The molecule has 1 atom stereocenters. The van der Waals surface area contributed by atoms with Gasteiger partial charge in [-0.05, 0) is 31.2 Å². The standard InChI is InChI=1S/C15H12F2N4O2/c1-9(16)14-20-21-15(23-14)10-6-18-13(19-7-10)8-22-12-4-2-11(17)3-5-12/h2-7,9H,8H2,1H3. The van der Waals surface area contributed by atoms with Gasteiger partial charge in [0.25, 0.3) is 11.8 Å². The molecule has 0 aliphatic carbocycles. The molecule has 2 heterocycles. The van der Waals surface area contributed by atoms with Crippen molar-refractivity contribution in [1.82, 2.24) is 20.2 Å². The molecule has 0 radical (unpaired) electrons. The highest BCUT2D eigenvalue weighted by Gasteiger charge is 2.14. The second kappa shape index (κ2) is 6.47. The van der Waals surface area contributed by atoms with Crippen molar-refractivity contribution in [2.45, 2.75) is 19.7 Å². The van der Waals surface area contributed by atoms with E-state index >= 15 is 0 Å². The third-order valence-corrected chi connectivity index (χ3v) is 2.91. The Kier molecular flexibility index (Phi) is 4.22. The van der Waals surface area contributed by atoms with Crippen LogP contribution < -0.4 is 4.74 Å². The van der Waals surface area contributed by atoms with Crippen LogP contribution in [0.15, 0.2) is 41.1 Å². The van der Waals surface area contributed by atoms with Crippen molar-refractivity contribution in [2.24, 2.45) is 0 Å². The van der Waals surface area contributed by atoms with Crippen LogP contribution in [0.5, 0.6) is 5.75 Å². The highest BCUT2D eigenvalue weighted by atomic mass is 19.1. The zero-order valence-electron chi connectivity index (χ0n) is 12.1. The number of halogens is 2. The lowest BCUT2D eigenvalue weighted by Crippen LogP contribution is -2.01. The topological polar surface area (TPSA) is 73.9 Å². The van der Waals surface area contributed by atoms with Crippen molar-refractivity contribution in [1.29, 1.82) is 0 Å². The third-order valence-electron chi connectivity index (χ3n) is 2.91. The quantitative estimate of drug-likeness (QED) is 0.719. The maximum Gasteiger partial charge on any atom is 0.251 e. The van der Waals surface area contributed by atoms with Gasteiger partial charge in [-0.15, -0.1) is 10.2 Å². The van der Waals surface area contributed by atoms with Crippen molar-refractivity contribution in [3.05, 3.63) is 54.2 Å². The van der Waals surface area contributed by atoms with Crippen LogP contribution in [0.25, 0.3) is 11.5 Å². The summed E-state index contributed by atoms with van der Waals surface area (Å²) in [4.78, 5) is 8.22. The molecule has 0 spiro atoms. The average Bonchev–Trinajstić information content (AvgIpc) is 3.05. The van der Waals surface area contributed by atoms with Crippen molar-refractivity contribution in [3.63, 3.8) is 0 Å². The number of hydrogen-bond donors (Lipinski definition) is 0. The summed E-state index contributed by atoms with van der Waals surface area (Å²) in [5, 5.41) is 7.33. The third kappa shape index (κ3) is 3.65. The fraction of sp³-hybridized carbons (Fsp3) is 0.200. The molecular weight excluding hydrogens is 306 g/mol. The van der Waals surface area contributed by atoms with Gasteiger partial charge in [-0.3, -0.25) is 0 Å². The second-order valence-electron chi connectivity index (χ2n) is 4.69. The second-order valence-corrected chi connectivity index (χ2v) is 4.69. The average molecular weight is 318 g/mol. The molecular formula is C15H12F2N4O2. The fourth-order valence-electron chi connectivity index (χ4n) is 1.73. The van der Waals surface area contributed by atoms with E-state index in [2.05, 4.69) is 20.2 Å². The van der Waals surface area contributed by atoms with E-state index in [-0.39, 0.29) is 24.2 Å². The molecule has 0 aliphatic rings. The Morgan fingerprint density at radius 2 is 1.83 bits per heavy atom. The Hall–Kier alpha value is -2.90. The van der Waals surface area contributed by atoms with Crippen LogP contribution in [0.1, 0.15) is 24.8 Å². The van der Waals surface area contributed by atoms with Crippen LogP contribution in [0.3, 0.4) is 0 Å². The van der Waals surface area contributed by atoms with Gasteiger partial charge in [0.15, 0.2) is 12.0 Å². The van der Waals surface area contributed by atoms with E-state index in [1.807, 2.05) is 0 Å². The van der Waals surface area contributed by atoms with Gasteiger partial charge in [0.1, 0.15) is 18.2 Å². The van der Waals surface area contributed by atoms with E-state index in [9.17, 15) is 8.78 Å². The summed E-state index contributed by atoms with van der Waals surface area (Å²) in [6, 6.07) is 5.64. The molecule has 0 fully saturated rings. The lowest BCUT2D eigenvalue weighted by molar-refractivity contribution is 0.295. The highest BCUT2D eigenvalue weighted by Crippen LogP contribution is 2.21. The predicted octanol–water partition coefficient (Wildman–Crippen LogP) is 3.28. The van der Waals surface area contributed by atoms with Crippen LogP contribution in [-0.4, -0.2) is 20.2 Å². The first-order valence-electron chi connectivity index (χ1n) is 6.79. The molecule has 3 aromatic rings. The Morgan fingerprint density at radius 1 is 1.13 bits per heavy atom. The molecule has 1 aromatic carbocycles. The number of rotatable bonds is 5. The van der Waals surface area contributed by atoms with E-state index in [1.165, 1.54) is 43.6 Å². The lowest BCUT2D eigenvalue weighted by atomic mass is 10.3. The molecule has 3 rings (SSSR count). The van der Waals surface area contributed by atoms with Crippen LogP contribution >= 0.6 is 0 Å². The molecule has 1 unspecified atom stereocenters. The normalized spacial score (nSPS) is 12.1. The molecule has 0 amide bonds. The molecule has 23 heavy (non-hydrogen) atoms. The molecule has 0 N–H and O–H groups in total. The Bertz CT molecular complexity index is 773. The monoisotopic (exact) mass is 318 g/mol. The van der Waals surface area contributed by atoms with Gasteiger partial charge in [-0.1, -0.05) is 0 Å². The minimum atomic E-state index is -1.33. The van der Waals surface area contributed by atoms with Gasteiger partial charge in [0.2, 0.25) is 0 Å². The van der Waals surface area contributed by atoms with E-state index in [1.54, 1.807) is 0 Å². The fourth-order valence-corrected chi connectivity index (χ4v) is 1.73. The van der Waals surface area contributed by atoms with E-state index in [0.717, 1.165) is 0 Å². The molecule has 0 saturated carbocycles. The summed E-state index contributed by atoms with van der Waals surface area (Å²) < 4.78 is 36.4. The first-order chi connectivity index (χ1) is 11.1. The van der Waals surface area contributed by atoms with Gasteiger partial charge in [0, 0.05) is 12.4 Å². The lowest BCUT2D eigenvalue weighted by Gasteiger charge is -2.05. The zero-order chi connectivity index (χ0) is 16.2. The summed E-state index contributed by atoms with van der Waals surface area (Å²) in [5.74, 6) is 0.660. The van der Waals surface area contributed by atoms with Crippen LogP contribution in [0.2, 0.25) is 0 Å². The zero-order valence-corrected chi connectivity index (χ0v) is 12.1. The van der Waals surface area contributed by atoms with Crippen LogP contribution in [0, 0.1) is 5.82 Å². The summed E-state index contributed by atoms with van der Waals surface area (Å²) in [5.41, 5.74) is 0.481. The minimum Gasteiger partial charge on any atom is -0.486 e. The van der Waals surface area contributed by atoms with Gasteiger partial charge in [0.05, 0.1) is 5.56 Å². The maximum atomic E-state index is 13.0. The van der Waals surface area contributed by atoms with Crippen molar-refractivity contribution in [2.75, 3.05) is 0 Å². The predicted molar refractivity (Wildman–Crippen MR) is 75.6 cm³/mol. The number of benzene rings is 1. The van der Waals surface area contributed by atoms with Gasteiger partial charge < -0.3 is 9.15 Å². The van der Waals surface area contributed by atoms with Crippen LogP contribution in [-0.2, 0) is 6.61 Å². The molecule has 0 saturated heterocycles. The molecule has 0 bridgehead atoms. The first-order valence-corrected chi connectivity index (χ1v) is 6.79. The first kappa shape index (κ1) is 15.0. The number of hydrogen-bond acceptors (Lipinski definition) is 6. The number of aromatic nitrogens is 4. The van der Waals surface area contributed by atoms with Crippen LogP contribution in [0.4, 0.5) is 8.78 Å². The van der Waals surface area contributed by atoms with Crippen molar-refractivity contribution < 1.29 is 17.9 Å². The minimum absolute atomic E-state index is 0.0938. The molecule has 6 nitrogen and oxygen atoms in total. The molecule has 2 aromatic heterocycles. The summed E-state index contributed by atoms with van der Waals surface area (Å²) >= 11 is 0. The number of alkyl halides is 1. The summed E-state index contributed by atoms with van der Waals surface area (Å²) in [6.07, 6.45) is 1.63. The maximum absolute atomic E-state index is 13.0. The Balaban J connectivity index is 1.65. The van der Waals surface area contributed by atoms with Gasteiger partial charge in [-0.25, -0.2) is 18.7 Å². The molecule has 118 valence electrons. The van der Waals surface area contributed by atoms with E-state index in [0.29, 0.717) is 17.1 Å². The van der Waals surface area contributed by atoms with Gasteiger partial charge >= 0.3 is 0 Å². The SMILES string of the molecule is CC(F)c1nnc(-c2cnc(COc3ccc(F)cc3)nc2)o1. The Labute approximate surface area is 130 Å². The molecule has 8 heteroatoms. The van der Waals surface area contributed by atoms with Crippen molar-refractivity contribution in [3.8, 4) is 17.2 Å². The van der Waals surface area contributed by atoms with Gasteiger partial charge in [-0.2, -0.15) is 0 Å². The van der Waals surface area contributed by atoms with Crippen molar-refractivity contribution >= 4 is 0 Å². The number of nitrogens with zero attached hydrogens (tertiary/aromatic N) is 4. The smallest absolute Gasteiger partial charge is 0.251 e.